The molecule has 6 rings (SSSR count). The minimum Gasteiger partial charge on any atom is -0.394 e. The maximum Gasteiger partial charge on any atom is 0.217 e. The SMILES string of the molecule is CC(=O)N[C@H]1[C@H](O[C@H]2[C@@H](O)[C@@H](CO)O[C@H](O[C@H]3[C@H](O)[C@H](O)[C@@H](OC[C@H]4O[C@@H](O[C@H]5[C@H](O)[C@H](O)[C@@H](O)O[C@@H]5[C@@H](O)CO)[C@H](O)[C@@H](O)[C@@H]4O)O[C@@H]3[C@H](O)CO)[C@@H]2O)O[C@H](CO)[C@@H](O[C@@H]2O[C@H](CO)[C@H](O)[C@H](O)[C@H]2O)[C@@H]1O. The minimum atomic E-state index is -2.26. The van der Waals surface area contributed by atoms with Gasteiger partial charge < -0.3 is 165 Å². The van der Waals surface area contributed by atoms with Crippen LogP contribution in [0.2, 0.25) is 0 Å². The number of hydrogen-bond acceptors (Lipinski definition) is 33. The number of amides is 1. The lowest BCUT2D eigenvalue weighted by molar-refractivity contribution is -0.386. The minimum absolute atomic E-state index is 0.843. The van der Waals surface area contributed by atoms with E-state index in [9.17, 15) is 112 Å². The molecule has 74 heavy (non-hydrogen) atoms. The highest BCUT2D eigenvalue weighted by Gasteiger charge is 2.58. The van der Waals surface area contributed by atoms with E-state index in [1.165, 1.54) is 0 Å². The predicted molar refractivity (Wildman–Crippen MR) is 223 cm³/mol. The molecular formula is C40H69NO33. The molecule has 0 aliphatic carbocycles. The van der Waals surface area contributed by atoms with Crippen molar-refractivity contribution in [3.05, 3.63) is 0 Å². The summed E-state index contributed by atoms with van der Waals surface area (Å²) in [6.07, 6.45) is -61.1. The molecular weight excluding hydrogens is 1020 g/mol. The van der Waals surface area contributed by atoms with E-state index in [2.05, 4.69) is 5.32 Å². The van der Waals surface area contributed by atoms with E-state index in [1.807, 2.05) is 0 Å². The van der Waals surface area contributed by atoms with Gasteiger partial charge in [-0.15, -0.1) is 0 Å². The van der Waals surface area contributed by atoms with Crippen LogP contribution in [-0.4, -0.2) is 349 Å². The van der Waals surface area contributed by atoms with E-state index in [0.29, 0.717) is 0 Å². The van der Waals surface area contributed by atoms with Crippen molar-refractivity contribution in [1.82, 2.24) is 5.32 Å². The molecule has 6 aliphatic rings. The summed E-state index contributed by atoms with van der Waals surface area (Å²) >= 11 is 0. The summed E-state index contributed by atoms with van der Waals surface area (Å²) in [6, 6.07) is -1.75. The maximum atomic E-state index is 12.4. The Hall–Kier alpha value is -1.81. The molecule has 0 radical (unpaired) electrons. The van der Waals surface area contributed by atoms with E-state index in [0.717, 1.165) is 6.92 Å². The molecule has 0 aromatic carbocycles. The average molecular weight is 1090 g/mol. The summed E-state index contributed by atoms with van der Waals surface area (Å²) in [5, 5.41) is 224. The highest BCUT2D eigenvalue weighted by Crippen LogP contribution is 2.36. The van der Waals surface area contributed by atoms with Gasteiger partial charge in [-0.25, -0.2) is 0 Å². The smallest absolute Gasteiger partial charge is 0.217 e. The third-order valence-electron chi connectivity index (χ3n) is 13.5. The fraction of sp³-hybridized carbons (Fsp3) is 0.975. The van der Waals surface area contributed by atoms with Gasteiger partial charge in [0.15, 0.2) is 37.7 Å². The van der Waals surface area contributed by atoms with Crippen LogP contribution < -0.4 is 5.32 Å². The van der Waals surface area contributed by atoms with E-state index in [-0.39, 0.29) is 0 Å². The van der Waals surface area contributed by atoms with Crippen molar-refractivity contribution in [2.24, 2.45) is 0 Å². The molecule has 6 aliphatic heterocycles. The van der Waals surface area contributed by atoms with Gasteiger partial charge in [0.25, 0.3) is 0 Å². The number of hydrogen-bond donors (Lipinski definition) is 22. The molecule has 22 N–H and O–H groups in total. The Kier molecular flexibility index (Phi) is 21.9. The Morgan fingerprint density at radius 1 is 0.419 bits per heavy atom. The van der Waals surface area contributed by atoms with E-state index < -0.39 is 242 Å². The van der Waals surface area contributed by atoms with Crippen LogP contribution in [0.25, 0.3) is 0 Å². The van der Waals surface area contributed by atoms with Gasteiger partial charge in [-0.05, 0) is 0 Å². The fourth-order valence-corrected chi connectivity index (χ4v) is 9.24. The monoisotopic (exact) mass is 1090 g/mol. The van der Waals surface area contributed by atoms with Crippen LogP contribution in [0.4, 0.5) is 0 Å². The van der Waals surface area contributed by atoms with E-state index in [1.54, 1.807) is 0 Å². The summed E-state index contributed by atoms with van der Waals surface area (Å²) < 4.78 is 61.4. The van der Waals surface area contributed by atoms with Crippen molar-refractivity contribution in [2.75, 3.05) is 39.6 Å². The van der Waals surface area contributed by atoms with Crippen molar-refractivity contribution < 1.29 is 164 Å². The molecule has 432 valence electrons. The Morgan fingerprint density at radius 3 is 1.35 bits per heavy atom. The molecule has 32 atom stereocenters. The fourth-order valence-electron chi connectivity index (χ4n) is 9.24. The first kappa shape index (κ1) is 61.4. The first-order valence-electron chi connectivity index (χ1n) is 23.3. The molecule has 0 aromatic rings. The molecule has 6 heterocycles. The van der Waals surface area contributed by atoms with Gasteiger partial charge in [-0.3, -0.25) is 4.79 Å². The van der Waals surface area contributed by atoms with Gasteiger partial charge in [0.1, 0.15) is 159 Å². The Balaban J connectivity index is 1.15. The van der Waals surface area contributed by atoms with Crippen LogP contribution in [0.15, 0.2) is 0 Å². The largest absolute Gasteiger partial charge is 0.394 e. The van der Waals surface area contributed by atoms with E-state index >= 15 is 0 Å². The van der Waals surface area contributed by atoms with Crippen LogP contribution in [-0.2, 0) is 56.9 Å². The highest BCUT2D eigenvalue weighted by molar-refractivity contribution is 5.73. The number of aliphatic hydroxyl groups is 21. The second-order valence-electron chi connectivity index (χ2n) is 18.5. The first-order chi connectivity index (χ1) is 34.9. The van der Waals surface area contributed by atoms with Crippen LogP contribution in [0.5, 0.6) is 0 Å². The quantitative estimate of drug-likeness (QED) is 0.0571. The molecule has 1 amide bonds. The Labute approximate surface area is 418 Å². The molecule has 6 saturated heterocycles. The van der Waals surface area contributed by atoms with Crippen LogP contribution >= 0.6 is 0 Å². The lowest BCUT2D eigenvalue weighted by Crippen LogP contribution is -2.70. The zero-order valence-electron chi connectivity index (χ0n) is 39.0. The second-order valence-corrected chi connectivity index (χ2v) is 18.5. The van der Waals surface area contributed by atoms with Gasteiger partial charge in [0.05, 0.1) is 39.6 Å². The number of aliphatic hydroxyl groups excluding tert-OH is 21. The van der Waals surface area contributed by atoms with Gasteiger partial charge in [0.2, 0.25) is 5.91 Å². The summed E-state index contributed by atoms with van der Waals surface area (Å²) in [7, 11) is 0. The zero-order valence-corrected chi connectivity index (χ0v) is 39.0. The summed E-state index contributed by atoms with van der Waals surface area (Å²) in [5.74, 6) is -0.843. The lowest BCUT2D eigenvalue weighted by Gasteiger charge is -2.50. The number of carbonyl (C=O) groups is 1. The molecule has 0 bridgehead atoms. The normalized spacial score (nSPS) is 50.2. The molecule has 0 aromatic heterocycles. The van der Waals surface area contributed by atoms with Crippen molar-refractivity contribution in [1.29, 1.82) is 0 Å². The van der Waals surface area contributed by atoms with Crippen molar-refractivity contribution in [2.45, 2.75) is 203 Å². The molecule has 34 nitrogen and oxygen atoms in total. The van der Waals surface area contributed by atoms with Crippen LogP contribution in [0.1, 0.15) is 6.92 Å². The van der Waals surface area contributed by atoms with Crippen molar-refractivity contribution in [3.63, 3.8) is 0 Å². The van der Waals surface area contributed by atoms with Crippen LogP contribution in [0, 0.1) is 0 Å². The zero-order chi connectivity index (χ0) is 54.8. The number of ether oxygens (including phenoxy) is 11. The lowest BCUT2D eigenvalue weighted by atomic mass is 9.93. The van der Waals surface area contributed by atoms with Crippen molar-refractivity contribution >= 4 is 5.91 Å². The molecule has 0 spiro atoms. The first-order valence-corrected chi connectivity index (χ1v) is 23.3. The maximum absolute atomic E-state index is 12.4. The van der Waals surface area contributed by atoms with Gasteiger partial charge in [0, 0.05) is 6.92 Å². The standard InChI is InChI=1S/C40H69NO33/c1-8(47)41-15-19(53)31(71-38-25(59)20(54)16(50)11(4-44)65-38)13(6-46)67-36(15)72-32-18(52)12(5-45)66-40(28(32)62)74-34-23(57)27(61)37(70-30(34)10(49)3-43)64-7-14-17(51)21(55)26(60)39(68-14)73-33-22(56)24(58)35(63)69-29(33)9(48)2-42/h9-40,42-46,48-63H,2-7H2,1H3,(H,41,47)/t9-,10+,11+,12+,13+,14+,15+,16-,17+,18-,19+,20-,21-,22+,23+,24-,25+,26+,27-,28+,29+,30+,31+,32-,33-,34-,35-,36-,37-,38-,39-,40+/m0/s1. The molecule has 0 saturated carbocycles. The highest BCUT2D eigenvalue weighted by atomic mass is 16.8. The van der Waals surface area contributed by atoms with Gasteiger partial charge in [-0.2, -0.15) is 0 Å². The summed E-state index contributed by atoms with van der Waals surface area (Å²) in [5.41, 5.74) is 0. The van der Waals surface area contributed by atoms with Crippen molar-refractivity contribution in [3.8, 4) is 0 Å². The van der Waals surface area contributed by atoms with Crippen LogP contribution in [0.3, 0.4) is 0 Å². The molecule has 34 heteroatoms. The third-order valence-corrected chi connectivity index (χ3v) is 13.5. The number of rotatable bonds is 19. The Bertz CT molecular complexity index is 1730. The third kappa shape index (κ3) is 12.9. The van der Waals surface area contributed by atoms with E-state index in [4.69, 9.17) is 52.1 Å². The summed E-state index contributed by atoms with van der Waals surface area (Å²) in [6.45, 7) is -5.01. The topological polar surface area (TPSA) is 555 Å². The number of nitrogens with one attached hydrogen (secondary N) is 1. The average Bonchev–Trinajstić information content (AvgIpc) is 3.38. The number of carbonyl (C=O) groups excluding carboxylic acids is 1. The predicted octanol–water partition coefficient (Wildman–Crippen LogP) is -15.2. The molecule has 6 fully saturated rings. The van der Waals surface area contributed by atoms with Gasteiger partial charge in [-0.1, -0.05) is 0 Å². The summed E-state index contributed by atoms with van der Waals surface area (Å²) in [4.78, 5) is 12.4. The van der Waals surface area contributed by atoms with Gasteiger partial charge >= 0.3 is 0 Å². The molecule has 0 unspecified atom stereocenters. The Morgan fingerprint density at radius 2 is 0.838 bits per heavy atom. The second kappa shape index (κ2) is 26.4.